The van der Waals surface area contributed by atoms with Crippen LogP contribution in [0.4, 0.5) is 0 Å². The molecule has 2 aliphatic carbocycles. The lowest BCUT2D eigenvalue weighted by molar-refractivity contribution is 0.305. The van der Waals surface area contributed by atoms with Crippen molar-refractivity contribution in [3.05, 3.63) is 34.4 Å². The molecule has 0 unspecified atom stereocenters. The van der Waals surface area contributed by atoms with E-state index in [1.807, 2.05) is 6.08 Å². The third-order valence-corrected chi connectivity index (χ3v) is 4.56. The van der Waals surface area contributed by atoms with Crippen LogP contribution in [0.25, 0.3) is 0 Å². The van der Waals surface area contributed by atoms with E-state index >= 15 is 0 Å². The molecule has 17 heavy (non-hydrogen) atoms. The molecule has 0 heterocycles. The zero-order valence-electron chi connectivity index (χ0n) is 11.3. The van der Waals surface area contributed by atoms with E-state index < -0.39 is 0 Å². The molecule has 0 aliphatic heterocycles. The standard InChI is InChI=1S/C16H24O/c1-12(7-10-17)14-6-9-16(3)8-4-5-13(2)15(16)11-14/h7,11,17H,4-6,8-10H2,1-3H3/b12-7+/t16-/m0/s1. The number of aliphatic hydroxyl groups excluding tert-OH is 1. The van der Waals surface area contributed by atoms with E-state index in [4.69, 9.17) is 5.11 Å². The average Bonchev–Trinajstić information content (AvgIpc) is 2.29. The molecule has 1 N–H and O–H groups in total. The molecule has 0 aromatic carbocycles. The second-order valence-corrected chi connectivity index (χ2v) is 5.85. The van der Waals surface area contributed by atoms with Gasteiger partial charge in [-0.05, 0) is 68.1 Å². The summed E-state index contributed by atoms with van der Waals surface area (Å²) in [6.45, 7) is 6.97. The lowest BCUT2D eigenvalue weighted by atomic mass is 9.65. The van der Waals surface area contributed by atoms with E-state index in [-0.39, 0.29) is 6.61 Å². The molecule has 0 saturated heterocycles. The minimum Gasteiger partial charge on any atom is -0.392 e. The highest BCUT2D eigenvalue weighted by Gasteiger charge is 2.34. The minimum atomic E-state index is 0.151. The third-order valence-electron chi connectivity index (χ3n) is 4.56. The highest BCUT2D eigenvalue weighted by Crippen LogP contribution is 2.49. The molecule has 0 aromatic rings. The summed E-state index contributed by atoms with van der Waals surface area (Å²) in [5.41, 5.74) is 6.25. The molecule has 2 rings (SSSR count). The Balaban J connectivity index is 2.37. The Morgan fingerprint density at radius 2 is 2.18 bits per heavy atom. The molecule has 0 radical (unpaired) electrons. The molecule has 0 saturated carbocycles. The summed E-state index contributed by atoms with van der Waals surface area (Å²) >= 11 is 0. The Hall–Kier alpha value is -0.820. The maximum absolute atomic E-state index is 8.99. The Bertz CT molecular complexity index is 398. The highest BCUT2D eigenvalue weighted by molar-refractivity contribution is 5.44. The van der Waals surface area contributed by atoms with Gasteiger partial charge in [0, 0.05) is 0 Å². The SMILES string of the molecule is CC1=C2C=C(/C(C)=C/CO)CC[C@]2(C)CCC1. The van der Waals surface area contributed by atoms with Crippen LogP contribution in [0.2, 0.25) is 0 Å². The van der Waals surface area contributed by atoms with Gasteiger partial charge < -0.3 is 5.11 Å². The summed E-state index contributed by atoms with van der Waals surface area (Å²) < 4.78 is 0. The summed E-state index contributed by atoms with van der Waals surface area (Å²) in [5, 5.41) is 8.99. The fraction of sp³-hybridized carbons (Fsp3) is 0.625. The molecule has 1 nitrogen and oxygen atoms in total. The Morgan fingerprint density at radius 1 is 1.41 bits per heavy atom. The zero-order chi connectivity index (χ0) is 12.5. The van der Waals surface area contributed by atoms with Gasteiger partial charge in [0.1, 0.15) is 0 Å². The van der Waals surface area contributed by atoms with Gasteiger partial charge in [-0.1, -0.05) is 24.6 Å². The van der Waals surface area contributed by atoms with Crippen molar-refractivity contribution in [3.8, 4) is 0 Å². The van der Waals surface area contributed by atoms with Crippen LogP contribution in [0.5, 0.6) is 0 Å². The van der Waals surface area contributed by atoms with Crippen LogP contribution in [0, 0.1) is 5.41 Å². The van der Waals surface area contributed by atoms with Crippen LogP contribution < -0.4 is 0 Å². The van der Waals surface area contributed by atoms with Crippen LogP contribution in [0.3, 0.4) is 0 Å². The Labute approximate surface area is 105 Å². The monoisotopic (exact) mass is 232 g/mol. The van der Waals surface area contributed by atoms with Crippen molar-refractivity contribution in [2.45, 2.75) is 52.9 Å². The quantitative estimate of drug-likeness (QED) is 0.758. The highest BCUT2D eigenvalue weighted by atomic mass is 16.2. The van der Waals surface area contributed by atoms with Gasteiger partial charge in [0.15, 0.2) is 0 Å². The first-order chi connectivity index (χ1) is 8.07. The molecular weight excluding hydrogens is 208 g/mol. The predicted octanol–water partition coefficient (Wildman–Crippen LogP) is 4.15. The fourth-order valence-electron chi connectivity index (χ4n) is 3.32. The van der Waals surface area contributed by atoms with E-state index in [0.717, 1.165) is 6.42 Å². The number of allylic oxidation sites excluding steroid dienone is 5. The average molecular weight is 232 g/mol. The first kappa shape index (κ1) is 12.6. The molecule has 2 aliphatic rings. The van der Waals surface area contributed by atoms with Gasteiger partial charge >= 0.3 is 0 Å². The molecule has 0 spiro atoms. The van der Waals surface area contributed by atoms with Crippen molar-refractivity contribution >= 4 is 0 Å². The van der Waals surface area contributed by atoms with E-state index in [0.29, 0.717) is 5.41 Å². The molecule has 0 fully saturated rings. The topological polar surface area (TPSA) is 20.2 Å². The maximum atomic E-state index is 8.99. The van der Waals surface area contributed by atoms with E-state index in [1.54, 1.807) is 11.1 Å². The lowest BCUT2D eigenvalue weighted by Crippen LogP contribution is -2.26. The van der Waals surface area contributed by atoms with E-state index in [9.17, 15) is 0 Å². The van der Waals surface area contributed by atoms with Crippen molar-refractivity contribution in [3.63, 3.8) is 0 Å². The van der Waals surface area contributed by atoms with Crippen molar-refractivity contribution in [2.75, 3.05) is 6.61 Å². The first-order valence-electron chi connectivity index (χ1n) is 6.75. The number of aliphatic hydroxyl groups is 1. The van der Waals surface area contributed by atoms with Crippen LogP contribution in [-0.2, 0) is 0 Å². The van der Waals surface area contributed by atoms with Gasteiger partial charge in [-0.2, -0.15) is 0 Å². The third kappa shape index (κ3) is 2.40. The summed E-state index contributed by atoms with van der Waals surface area (Å²) in [6, 6.07) is 0. The van der Waals surface area contributed by atoms with E-state index in [1.165, 1.54) is 36.8 Å². The van der Waals surface area contributed by atoms with Gasteiger partial charge in [0.2, 0.25) is 0 Å². The Morgan fingerprint density at radius 3 is 2.88 bits per heavy atom. The zero-order valence-corrected chi connectivity index (χ0v) is 11.3. The van der Waals surface area contributed by atoms with Crippen molar-refractivity contribution in [2.24, 2.45) is 5.41 Å². The van der Waals surface area contributed by atoms with Gasteiger partial charge in [0.25, 0.3) is 0 Å². The number of hydrogen-bond donors (Lipinski definition) is 1. The van der Waals surface area contributed by atoms with Crippen molar-refractivity contribution in [1.82, 2.24) is 0 Å². The molecule has 1 heteroatoms. The molecule has 0 bridgehead atoms. The fourth-order valence-corrected chi connectivity index (χ4v) is 3.32. The lowest BCUT2D eigenvalue weighted by Gasteiger charge is -2.40. The van der Waals surface area contributed by atoms with Crippen LogP contribution in [0.15, 0.2) is 34.4 Å². The smallest absolute Gasteiger partial charge is 0.0618 e. The number of fused-ring (bicyclic) bond motifs is 1. The second kappa shape index (κ2) is 4.81. The summed E-state index contributed by atoms with van der Waals surface area (Å²) in [7, 11) is 0. The molecule has 0 aromatic heterocycles. The van der Waals surface area contributed by atoms with Crippen molar-refractivity contribution in [1.29, 1.82) is 0 Å². The largest absolute Gasteiger partial charge is 0.392 e. The summed E-state index contributed by atoms with van der Waals surface area (Å²) in [6.07, 6.45) is 10.7. The molecular formula is C16H24O. The maximum Gasteiger partial charge on any atom is 0.0618 e. The molecule has 1 atom stereocenters. The van der Waals surface area contributed by atoms with E-state index in [2.05, 4.69) is 26.8 Å². The van der Waals surface area contributed by atoms with Gasteiger partial charge in [0.05, 0.1) is 6.61 Å². The summed E-state index contributed by atoms with van der Waals surface area (Å²) in [5.74, 6) is 0. The van der Waals surface area contributed by atoms with Gasteiger partial charge in [-0.3, -0.25) is 0 Å². The van der Waals surface area contributed by atoms with Crippen LogP contribution >= 0.6 is 0 Å². The first-order valence-corrected chi connectivity index (χ1v) is 6.75. The predicted molar refractivity (Wildman–Crippen MR) is 72.8 cm³/mol. The normalized spacial score (nSPS) is 30.1. The van der Waals surface area contributed by atoms with Crippen molar-refractivity contribution < 1.29 is 5.11 Å². The van der Waals surface area contributed by atoms with Gasteiger partial charge in [-0.25, -0.2) is 0 Å². The molecule has 0 amide bonds. The minimum absolute atomic E-state index is 0.151. The van der Waals surface area contributed by atoms with Crippen LogP contribution in [0.1, 0.15) is 52.9 Å². The van der Waals surface area contributed by atoms with Gasteiger partial charge in [-0.15, -0.1) is 0 Å². The van der Waals surface area contributed by atoms with Crippen LogP contribution in [-0.4, -0.2) is 11.7 Å². The second-order valence-electron chi connectivity index (χ2n) is 5.85. The number of hydrogen-bond acceptors (Lipinski definition) is 1. The molecule has 94 valence electrons. The number of rotatable bonds is 2. The Kier molecular flexibility index (Phi) is 3.58. The summed E-state index contributed by atoms with van der Waals surface area (Å²) in [4.78, 5) is 0.